The van der Waals surface area contributed by atoms with Gasteiger partial charge in [-0.1, -0.05) is 0 Å². The minimum atomic E-state index is 0. The third-order valence-electron chi connectivity index (χ3n) is 0.408. The molecule has 0 heterocycles. The van der Waals surface area contributed by atoms with Crippen LogP contribution in [0.2, 0.25) is 0 Å². The molecule has 0 spiro atoms. The molecule has 0 fully saturated rings. The minimum absolute atomic E-state index is 0. The monoisotopic (exact) mass is 236 g/mol. The van der Waals surface area contributed by atoms with Gasteiger partial charge in [-0.2, -0.15) is 0 Å². The van der Waals surface area contributed by atoms with Crippen LogP contribution < -0.4 is 0 Å². The van der Waals surface area contributed by atoms with E-state index in [1.807, 2.05) is 13.8 Å². The first-order valence-corrected chi connectivity index (χ1v) is 1.99. The SMILES string of the molecule is CCOCC.Cl.Cl.[Zr]. The number of ether oxygens (including phenoxy) is 1. The van der Waals surface area contributed by atoms with Gasteiger partial charge in [0.15, 0.2) is 0 Å². The van der Waals surface area contributed by atoms with Crippen molar-refractivity contribution in [2.75, 3.05) is 13.2 Å². The van der Waals surface area contributed by atoms with Crippen LogP contribution in [0, 0.1) is 0 Å². The summed E-state index contributed by atoms with van der Waals surface area (Å²) in [5.74, 6) is 0. The van der Waals surface area contributed by atoms with Crippen molar-refractivity contribution >= 4 is 24.8 Å². The van der Waals surface area contributed by atoms with E-state index in [0.29, 0.717) is 0 Å². The summed E-state index contributed by atoms with van der Waals surface area (Å²) in [6.45, 7) is 5.67. The van der Waals surface area contributed by atoms with Gasteiger partial charge in [0.25, 0.3) is 0 Å². The Morgan fingerprint density at radius 2 is 1.25 bits per heavy atom. The molecule has 0 radical (unpaired) electrons. The quantitative estimate of drug-likeness (QED) is 0.713. The summed E-state index contributed by atoms with van der Waals surface area (Å²) in [6, 6.07) is 0. The van der Waals surface area contributed by atoms with Gasteiger partial charge < -0.3 is 4.74 Å². The molecule has 0 amide bonds. The molecule has 4 heteroatoms. The van der Waals surface area contributed by atoms with Crippen LogP contribution >= 0.6 is 24.8 Å². The van der Waals surface area contributed by atoms with Crippen molar-refractivity contribution in [3.05, 3.63) is 0 Å². The van der Waals surface area contributed by atoms with Crippen molar-refractivity contribution < 1.29 is 30.9 Å². The second-order valence-electron chi connectivity index (χ2n) is 0.781. The van der Waals surface area contributed by atoms with Crippen LogP contribution in [0.3, 0.4) is 0 Å². The predicted octanol–water partition coefficient (Wildman–Crippen LogP) is 1.88. The van der Waals surface area contributed by atoms with Crippen LogP contribution in [0.25, 0.3) is 0 Å². The van der Waals surface area contributed by atoms with Gasteiger partial charge in [-0.15, -0.1) is 24.8 Å². The second kappa shape index (κ2) is 23.7. The Morgan fingerprint density at radius 1 is 1.00 bits per heavy atom. The fourth-order valence-electron chi connectivity index (χ4n) is 0.204. The average Bonchev–Trinajstić information content (AvgIpc) is 1.41. The predicted molar refractivity (Wildman–Crippen MR) is 36.7 cm³/mol. The Hall–Kier alpha value is 1.42. The molecule has 0 rings (SSSR count). The zero-order chi connectivity index (χ0) is 4.12. The minimum Gasteiger partial charge on any atom is -0.382 e. The topological polar surface area (TPSA) is 9.23 Å². The molecule has 0 aromatic heterocycles. The molecular formula is C4H12Cl2OZr. The number of rotatable bonds is 2. The zero-order valence-electron chi connectivity index (χ0n) is 5.14. The summed E-state index contributed by atoms with van der Waals surface area (Å²) in [6.07, 6.45) is 0. The first-order chi connectivity index (χ1) is 2.41. The van der Waals surface area contributed by atoms with E-state index < -0.39 is 0 Å². The molecule has 0 unspecified atom stereocenters. The van der Waals surface area contributed by atoms with Crippen LogP contribution in [0.15, 0.2) is 0 Å². The molecule has 0 aliphatic heterocycles. The van der Waals surface area contributed by atoms with Gasteiger partial charge in [-0.05, 0) is 13.8 Å². The van der Waals surface area contributed by atoms with Crippen LogP contribution in [-0.2, 0) is 30.9 Å². The van der Waals surface area contributed by atoms with Gasteiger partial charge in [0.2, 0.25) is 0 Å². The Labute approximate surface area is 82.5 Å². The number of halogens is 2. The number of hydrogen-bond donors (Lipinski definition) is 0. The maximum absolute atomic E-state index is 4.83. The van der Waals surface area contributed by atoms with E-state index in [2.05, 4.69) is 0 Å². The van der Waals surface area contributed by atoms with E-state index in [1.54, 1.807) is 0 Å². The fourth-order valence-corrected chi connectivity index (χ4v) is 0.204. The molecule has 8 heavy (non-hydrogen) atoms. The molecule has 0 bridgehead atoms. The molecule has 0 saturated heterocycles. The van der Waals surface area contributed by atoms with E-state index in [-0.39, 0.29) is 51.0 Å². The smallest absolute Gasteiger partial charge is 0.0437 e. The van der Waals surface area contributed by atoms with Gasteiger partial charge in [-0.3, -0.25) is 0 Å². The molecule has 0 aromatic carbocycles. The Kier molecular flexibility index (Phi) is 67.4. The first kappa shape index (κ1) is 22.7. The molecule has 1 nitrogen and oxygen atoms in total. The van der Waals surface area contributed by atoms with E-state index in [9.17, 15) is 0 Å². The average molecular weight is 238 g/mol. The van der Waals surface area contributed by atoms with Crippen molar-refractivity contribution in [3.63, 3.8) is 0 Å². The maximum atomic E-state index is 4.83. The van der Waals surface area contributed by atoms with Crippen molar-refractivity contribution in [2.24, 2.45) is 0 Å². The summed E-state index contributed by atoms with van der Waals surface area (Å²) < 4.78 is 4.83. The molecule has 0 aliphatic carbocycles. The van der Waals surface area contributed by atoms with E-state index in [0.717, 1.165) is 13.2 Å². The van der Waals surface area contributed by atoms with Crippen LogP contribution in [-0.4, -0.2) is 13.2 Å². The third kappa shape index (κ3) is 26.1. The van der Waals surface area contributed by atoms with Crippen molar-refractivity contribution in [2.45, 2.75) is 13.8 Å². The Balaban J connectivity index is -0.0000000267. The Morgan fingerprint density at radius 3 is 1.25 bits per heavy atom. The normalized spacial score (nSPS) is 5.25. The van der Waals surface area contributed by atoms with Gasteiger partial charge >= 0.3 is 0 Å². The van der Waals surface area contributed by atoms with Crippen LogP contribution in [0.1, 0.15) is 13.8 Å². The van der Waals surface area contributed by atoms with Crippen LogP contribution in [0.4, 0.5) is 0 Å². The summed E-state index contributed by atoms with van der Waals surface area (Å²) in [5, 5.41) is 0. The first-order valence-electron chi connectivity index (χ1n) is 1.99. The molecular weight excluding hydrogens is 226 g/mol. The molecule has 0 atom stereocenters. The van der Waals surface area contributed by atoms with E-state index in [4.69, 9.17) is 4.74 Å². The third-order valence-corrected chi connectivity index (χ3v) is 0.408. The zero-order valence-corrected chi connectivity index (χ0v) is 9.23. The summed E-state index contributed by atoms with van der Waals surface area (Å²) in [7, 11) is 0. The van der Waals surface area contributed by atoms with E-state index >= 15 is 0 Å². The molecule has 0 saturated carbocycles. The van der Waals surface area contributed by atoms with Gasteiger partial charge in [0, 0.05) is 39.4 Å². The van der Waals surface area contributed by atoms with Crippen molar-refractivity contribution in [3.8, 4) is 0 Å². The van der Waals surface area contributed by atoms with Gasteiger partial charge in [0.1, 0.15) is 0 Å². The standard InChI is InChI=1S/C4H10O.2ClH.Zr/c1-3-5-4-2;;;/h3-4H2,1-2H3;2*1H;. The van der Waals surface area contributed by atoms with Crippen molar-refractivity contribution in [1.82, 2.24) is 0 Å². The number of hydrogen-bond acceptors (Lipinski definition) is 1. The largest absolute Gasteiger partial charge is 0.382 e. The van der Waals surface area contributed by atoms with Gasteiger partial charge in [0.05, 0.1) is 0 Å². The fraction of sp³-hybridized carbons (Fsp3) is 1.00. The molecule has 0 aromatic rings. The summed E-state index contributed by atoms with van der Waals surface area (Å²) in [4.78, 5) is 0. The van der Waals surface area contributed by atoms with E-state index in [1.165, 1.54) is 0 Å². The van der Waals surface area contributed by atoms with Crippen LogP contribution in [0.5, 0.6) is 0 Å². The summed E-state index contributed by atoms with van der Waals surface area (Å²) in [5.41, 5.74) is 0. The Bertz CT molecular complexity index is 21.5. The molecule has 52 valence electrons. The second-order valence-corrected chi connectivity index (χ2v) is 0.781. The summed E-state index contributed by atoms with van der Waals surface area (Å²) >= 11 is 0. The van der Waals surface area contributed by atoms with Gasteiger partial charge in [-0.25, -0.2) is 0 Å². The maximum Gasteiger partial charge on any atom is 0.0437 e. The molecule has 0 N–H and O–H groups in total. The molecule has 0 aliphatic rings. The van der Waals surface area contributed by atoms with Crippen molar-refractivity contribution in [1.29, 1.82) is 0 Å².